The summed E-state index contributed by atoms with van der Waals surface area (Å²) >= 11 is -3.18. The molecule has 0 saturated carbocycles. The van der Waals surface area contributed by atoms with Crippen LogP contribution in [0.1, 0.15) is 85.0 Å². The topological polar surface area (TPSA) is 0 Å². The third-order valence-corrected chi connectivity index (χ3v) is 22.5. The maximum Gasteiger partial charge on any atom is -1.00 e. The van der Waals surface area contributed by atoms with Crippen LogP contribution in [-0.4, -0.2) is 3.26 Å². The van der Waals surface area contributed by atoms with Crippen molar-refractivity contribution in [3.8, 4) is 11.1 Å². The van der Waals surface area contributed by atoms with Crippen molar-refractivity contribution in [2.24, 2.45) is 0 Å². The summed E-state index contributed by atoms with van der Waals surface area (Å²) in [6.07, 6.45) is 8.30. The summed E-state index contributed by atoms with van der Waals surface area (Å²) in [5.74, 6) is 0. The van der Waals surface area contributed by atoms with Gasteiger partial charge in [0.2, 0.25) is 0 Å². The molecule has 0 nitrogen and oxygen atoms in total. The zero-order valence-electron chi connectivity index (χ0n) is 29.8. The number of hydrogen-bond donors (Lipinski definition) is 0. The van der Waals surface area contributed by atoms with Crippen LogP contribution in [0.15, 0.2) is 143 Å². The largest absolute Gasteiger partial charge is 1.00 e. The average molecular weight is 858 g/mol. The Morgan fingerprint density at radius 3 is 1.46 bits per heavy atom. The van der Waals surface area contributed by atoms with Gasteiger partial charge in [0.15, 0.2) is 0 Å². The number of fused-ring (bicyclic) bond motifs is 5. The maximum atomic E-state index is 2.61. The summed E-state index contributed by atoms with van der Waals surface area (Å²) in [4.78, 5) is 0. The monoisotopic (exact) mass is 858 g/mol. The number of allylic oxidation sites excluding steroid dienone is 4. The molecule has 50 heavy (non-hydrogen) atoms. The standard InChI is InChI=1S/C21H14.C21H25.C5H5.2ClH.Hf/c1-3-13-20-16(7-1)9-5-11-18(20)15-19-12-6-10-17-8-2-4-14-21(17)19;1-20(2,3)16-7-9-18-14(12-16)11-15-13-17(21(4,5)6)8-10-19(15)18;1-2-4-5-3-1;;;/h1-14H;7-13H,1-6H3;1-3H,4H2;2*1H;/q;;;;;+2/p-2. The van der Waals surface area contributed by atoms with Gasteiger partial charge in [0, 0.05) is 0 Å². The van der Waals surface area contributed by atoms with E-state index in [1.165, 1.54) is 54.9 Å². The van der Waals surface area contributed by atoms with Crippen molar-refractivity contribution in [3.05, 3.63) is 176 Å². The van der Waals surface area contributed by atoms with Gasteiger partial charge in [-0.1, -0.05) is 0 Å². The first kappa shape index (κ1) is 36.4. The molecule has 0 fully saturated rings. The van der Waals surface area contributed by atoms with Crippen molar-refractivity contribution in [1.82, 2.24) is 0 Å². The molecule has 6 aromatic rings. The Morgan fingerprint density at radius 2 is 1.02 bits per heavy atom. The number of hydrogen-bond acceptors (Lipinski definition) is 0. The van der Waals surface area contributed by atoms with E-state index in [1.54, 1.807) is 17.7 Å². The minimum absolute atomic E-state index is 0. The van der Waals surface area contributed by atoms with Gasteiger partial charge in [0.1, 0.15) is 0 Å². The third-order valence-electron chi connectivity index (χ3n) is 10.5. The average Bonchev–Trinajstić information content (AvgIpc) is 3.72. The normalized spacial score (nSPS) is 13.6. The molecule has 2 aliphatic rings. The van der Waals surface area contributed by atoms with Crippen LogP contribution in [0.25, 0.3) is 32.7 Å². The van der Waals surface area contributed by atoms with E-state index in [0.29, 0.717) is 3.67 Å². The van der Waals surface area contributed by atoms with Crippen molar-refractivity contribution >= 4 is 24.8 Å². The van der Waals surface area contributed by atoms with Gasteiger partial charge in [-0.15, -0.1) is 0 Å². The van der Waals surface area contributed by atoms with Crippen LogP contribution in [0.2, 0.25) is 0 Å². The molecule has 3 heteroatoms. The van der Waals surface area contributed by atoms with Crippen LogP contribution < -0.4 is 24.8 Å². The van der Waals surface area contributed by atoms with Crippen molar-refractivity contribution in [2.45, 2.75) is 62.5 Å². The van der Waals surface area contributed by atoms with E-state index in [2.05, 4.69) is 181 Å². The van der Waals surface area contributed by atoms with Gasteiger partial charge in [0.25, 0.3) is 0 Å². The first-order valence-corrected chi connectivity index (χ1v) is 23.1. The predicted molar refractivity (Wildman–Crippen MR) is 204 cm³/mol. The SMILES string of the molecule is CC(C)(C)c1ccc2c(c1)[CH]([Hf+2]([C]1=CC=CC1)=[C](c1cccc3ccccc13)c1cccc3ccccc13)c1cc(C(C)(C)C)ccc1-2.[Cl-].[Cl-]. The second-order valence-corrected chi connectivity index (χ2v) is 24.9. The first-order valence-electron chi connectivity index (χ1n) is 17.5. The van der Waals surface area contributed by atoms with Crippen molar-refractivity contribution in [1.29, 1.82) is 0 Å². The van der Waals surface area contributed by atoms with Crippen LogP contribution >= 0.6 is 0 Å². The van der Waals surface area contributed by atoms with Gasteiger partial charge in [0.05, 0.1) is 0 Å². The molecule has 0 atom stereocenters. The summed E-state index contributed by atoms with van der Waals surface area (Å²) in [5.41, 5.74) is 11.8. The second-order valence-electron chi connectivity index (χ2n) is 15.7. The molecule has 0 N–H and O–H groups in total. The van der Waals surface area contributed by atoms with E-state index in [-0.39, 0.29) is 35.6 Å². The van der Waals surface area contributed by atoms with Crippen LogP contribution in [0, 0.1) is 0 Å². The molecular formula is C47H44Cl2Hf. The van der Waals surface area contributed by atoms with E-state index >= 15 is 0 Å². The zero-order chi connectivity index (χ0) is 33.2. The predicted octanol–water partition coefficient (Wildman–Crippen LogP) is 6.40. The van der Waals surface area contributed by atoms with E-state index in [1.807, 2.05) is 0 Å². The van der Waals surface area contributed by atoms with Gasteiger partial charge in [-0.25, -0.2) is 0 Å². The fourth-order valence-corrected chi connectivity index (χ4v) is 21.3. The number of benzene rings is 6. The van der Waals surface area contributed by atoms with Crippen LogP contribution in [0.3, 0.4) is 0 Å². The van der Waals surface area contributed by atoms with Crippen molar-refractivity contribution in [2.75, 3.05) is 0 Å². The zero-order valence-corrected chi connectivity index (χ0v) is 34.9. The molecule has 0 aliphatic heterocycles. The third kappa shape index (κ3) is 6.36. The first-order chi connectivity index (χ1) is 23.1. The Bertz CT molecular complexity index is 2190. The molecule has 0 aromatic heterocycles. The molecule has 2 aliphatic carbocycles. The fraction of sp³-hybridized carbons (Fsp3) is 0.213. The number of rotatable bonds is 4. The summed E-state index contributed by atoms with van der Waals surface area (Å²) < 4.78 is 3.71. The molecule has 0 heterocycles. The molecule has 8 rings (SSSR count). The van der Waals surface area contributed by atoms with Gasteiger partial charge < -0.3 is 24.8 Å². The fourth-order valence-electron chi connectivity index (χ4n) is 7.96. The van der Waals surface area contributed by atoms with Gasteiger partial charge in [-0.3, -0.25) is 0 Å². The van der Waals surface area contributed by atoms with E-state index in [4.69, 9.17) is 0 Å². The quantitative estimate of drug-likeness (QED) is 0.181. The van der Waals surface area contributed by atoms with Gasteiger partial charge in [-0.2, -0.15) is 0 Å². The van der Waals surface area contributed by atoms with Crippen molar-refractivity contribution < 1.29 is 45.8 Å². The van der Waals surface area contributed by atoms with Crippen molar-refractivity contribution in [3.63, 3.8) is 0 Å². The second kappa shape index (κ2) is 14.0. The summed E-state index contributed by atoms with van der Waals surface area (Å²) in [6, 6.07) is 47.0. The molecule has 0 radical (unpaired) electrons. The molecule has 0 spiro atoms. The molecule has 0 bridgehead atoms. The minimum atomic E-state index is -3.18. The smallest absolute Gasteiger partial charge is 1.00 e. The van der Waals surface area contributed by atoms with Crippen LogP contribution in [-0.2, 0) is 31.8 Å². The molecule has 0 unspecified atom stereocenters. The Balaban J connectivity index is 0.00000216. The van der Waals surface area contributed by atoms with E-state index in [0.717, 1.165) is 6.42 Å². The van der Waals surface area contributed by atoms with Gasteiger partial charge in [-0.05, 0) is 0 Å². The summed E-state index contributed by atoms with van der Waals surface area (Å²) in [7, 11) is 0. The Labute approximate surface area is 318 Å². The van der Waals surface area contributed by atoms with Crippen LogP contribution in [0.4, 0.5) is 0 Å². The molecule has 0 amide bonds. The molecule has 6 aromatic carbocycles. The number of halogens is 2. The Morgan fingerprint density at radius 1 is 0.560 bits per heavy atom. The van der Waals surface area contributed by atoms with E-state index < -0.39 is 21.0 Å². The molecular weight excluding hydrogens is 814 g/mol. The minimum Gasteiger partial charge on any atom is -1.00 e. The maximum absolute atomic E-state index is 3.18. The Kier molecular flexibility index (Phi) is 10.2. The molecule has 0 saturated heterocycles. The molecule has 250 valence electrons. The summed E-state index contributed by atoms with van der Waals surface area (Å²) in [5, 5.41) is 5.35. The van der Waals surface area contributed by atoms with Crippen LogP contribution in [0.5, 0.6) is 0 Å². The Hall–Kier alpha value is -3.36. The van der Waals surface area contributed by atoms with Gasteiger partial charge >= 0.3 is 296 Å². The summed E-state index contributed by atoms with van der Waals surface area (Å²) in [6.45, 7) is 14.2. The van der Waals surface area contributed by atoms with E-state index in [9.17, 15) is 0 Å².